The summed E-state index contributed by atoms with van der Waals surface area (Å²) in [6.45, 7) is 2.65. The minimum Gasteiger partial charge on any atom is -0.748 e. The average Bonchev–Trinajstić information content (AvgIpc) is 3.25. The number of aryl methyl sites for hydroxylation is 2. The van der Waals surface area contributed by atoms with Crippen LogP contribution >= 0.6 is 11.8 Å². The third-order valence-electron chi connectivity index (χ3n) is 6.88. The summed E-state index contributed by atoms with van der Waals surface area (Å²) >= 11 is 1.55. The molecule has 0 unspecified atom stereocenters. The minimum atomic E-state index is -4.36. The van der Waals surface area contributed by atoms with Crippen molar-refractivity contribution in [2.75, 3.05) is 23.0 Å². The lowest BCUT2D eigenvalue weighted by Crippen LogP contribution is -2.39. The highest BCUT2D eigenvalue weighted by Crippen LogP contribution is 2.48. The van der Waals surface area contributed by atoms with E-state index in [4.69, 9.17) is 0 Å². The number of hydrogen-bond donors (Lipinski definition) is 0. The lowest BCUT2D eigenvalue weighted by molar-refractivity contribution is -0.673. The van der Waals surface area contributed by atoms with Crippen molar-refractivity contribution in [2.24, 2.45) is 0 Å². The van der Waals surface area contributed by atoms with Crippen LogP contribution < -0.4 is 9.47 Å². The molecule has 0 atom stereocenters. The molecule has 0 saturated carbocycles. The predicted molar refractivity (Wildman–Crippen MR) is 160 cm³/mol. The van der Waals surface area contributed by atoms with Gasteiger partial charge in [-0.3, -0.25) is 0 Å². The smallest absolute Gasteiger partial charge is 0.212 e. The maximum Gasteiger partial charge on any atom is 0.212 e. The molecule has 0 aliphatic carbocycles. The summed E-state index contributed by atoms with van der Waals surface area (Å²) < 4.78 is 70.0. The Hall–Kier alpha value is -3.22. The fraction of sp³-hybridized carbons (Fsp3) is 0.233. The number of pyridine rings is 1. The maximum absolute atomic E-state index is 11.4. The summed E-state index contributed by atoms with van der Waals surface area (Å²) in [4.78, 5) is 3.03. The van der Waals surface area contributed by atoms with Gasteiger partial charge in [0.1, 0.15) is 0 Å². The van der Waals surface area contributed by atoms with Crippen molar-refractivity contribution >= 4 is 54.7 Å². The summed E-state index contributed by atoms with van der Waals surface area (Å²) in [5, 5.41) is 1.84. The molecule has 1 aromatic heterocycles. The van der Waals surface area contributed by atoms with Crippen LogP contribution in [0.4, 0.5) is 5.69 Å². The van der Waals surface area contributed by atoms with E-state index in [1.807, 2.05) is 95.3 Å². The number of benzene rings is 3. The van der Waals surface area contributed by atoms with E-state index in [0.717, 1.165) is 48.9 Å². The summed E-state index contributed by atoms with van der Waals surface area (Å²) in [5.41, 5.74) is 5.80. The van der Waals surface area contributed by atoms with Crippen molar-refractivity contribution in [3.8, 4) is 11.1 Å². The van der Waals surface area contributed by atoms with Crippen LogP contribution in [0.25, 0.3) is 28.1 Å². The van der Waals surface area contributed by atoms with E-state index in [9.17, 15) is 25.9 Å². The summed E-state index contributed by atoms with van der Waals surface area (Å²) in [5.74, 6) is -0.926. The van der Waals surface area contributed by atoms with Gasteiger partial charge in [0, 0.05) is 53.0 Å². The van der Waals surface area contributed by atoms with Gasteiger partial charge in [-0.15, -0.1) is 0 Å². The SMILES string of the molecule is Cc1ccc2c(ccc(C=C3Sc4ccc(-c5ccccc5)cc4N3CCCS(=O)(=O)[O-])[n+]2CCCS(=O)(=O)[O-])c1. The Morgan fingerprint density at radius 1 is 0.829 bits per heavy atom. The van der Waals surface area contributed by atoms with Gasteiger partial charge in [-0.25, -0.2) is 16.8 Å². The van der Waals surface area contributed by atoms with Gasteiger partial charge < -0.3 is 14.0 Å². The Kier molecular flexibility index (Phi) is 8.53. The number of nitrogens with zero attached hydrogens (tertiary/aromatic N) is 2. The number of hydrogen-bond acceptors (Lipinski definition) is 8. The minimum absolute atomic E-state index is 0.164. The van der Waals surface area contributed by atoms with Gasteiger partial charge in [-0.2, -0.15) is 4.57 Å². The molecule has 0 spiro atoms. The number of rotatable bonds is 10. The van der Waals surface area contributed by atoms with E-state index in [2.05, 4.69) is 6.07 Å². The molecule has 0 radical (unpaired) electrons. The Balaban J connectivity index is 1.56. The average molecular weight is 610 g/mol. The van der Waals surface area contributed by atoms with Crippen molar-refractivity contribution in [3.63, 3.8) is 0 Å². The van der Waals surface area contributed by atoms with E-state index in [1.54, 1.807) is 11.8 Å². The summed E-state index contributed by atoms with van der Waals surface area (Å²) in [6.07, 6.45) is 2.32. The molecule has 3 aromatic carbocycles. The number of thioether (sulfide) groups is 1. The second kappa shape index (κ2) is 11.9. The third-order valence-corrected chi connectivity index (χ3v) is 9.57. The highest BCUT2D eigenvalue weighted by molar-refractivity contribution is 8.03. The Bertz CT molecular complexity index is 1840. The van der Waals surface area contributed by atoms with Gasteiger partial charge in [-0.1, -0.05) is 59.8 Å². The zero-order chi connectivity index (χ0) is 29.2. The quantitative estimate of drug-likeness (QED) is 0.184. The van der Waals surface area contributed by atoms with Crippen LogP contribution in [0, 0.1) is 6.92 Å². The lowest BCUT2D eigenvalue weighted by Gasteiger charge is -2.21. The normalized spacial score (nSPS) is 14.6. The standard InChI is InChI=1S/C30H30N2O6S3/c1-22-9-13-27-25(19-22)10-12-26(31(27)15-5-17-40(33,34)35)21-30-32(16-6-18-41(36,37)38)28-20-24(11-14-29(28)39-30)23-7-3-2-4-8-23/h2-4,7-14,19-21H,5-6,15-18H2,1H3,(H-,33,34,35,36,37,38)/p-1. The van der Waals surface area contributed by atoms with E-state index in [0.29, 0.717) is 13.1 Å². The van der Waals surface area contributed by atoms with Crippen LogP contribution in [0.5, 0.6) is 0 Å². The molecular weight excluding hydrogens is 581 g/mol. The first-order valence-electron chi connectivity index (χ1n) is 13.1. The predicted octanol–water partition coefficient (Wildman–Crippen LogP) is 4.88. The van der Waals surface area contributed by atoms with Crippen LogP contribution in [0.1, 0.15) is 24.1 Å². The monoisotopic (exact) mass is 609 g/mol. The number of fused-ring (bicyclic) bond motifs is 2. The first-order chi connectivity index (χ1) is 19.5. The maximum atomic E-state index is 11.4. The zero-order valence-electron chi connectivity index (χ0n) is 22.4. The molecule has 214 valence electrons. The van der Waals surface area contributed by atoms with Crippen molar-refractivity contribution in [1.82, 2.24) is 0 Å². The van der Waals surface area contributed by atoms with Gasteiger partial charge >= 0.3 is 0 Å². The van der Waals surface area contributed by atoms with Gasteiger partial charge in [0.2, 0.25) is 11.2 Å². The number of aromatic nitrogens is 1. The van der Waals surface area contributed by atoms with Crippen LogP contribution in [0.3, 0.4) is 0 Å². The molecule has 1 aliphatic rings. The van der Waals surface area contributed by atoms with Crippen molar-refractivity contribution < 1.29 is 30.5 Å². The highest BCUT2D eigenvalue weighted by Gasteiger charge is 2.27. The van der Waals surface area contributed by atoms with Gasteiger partial charge in [0.05, 0.1) is 31.0 Å². The van der Waals surface area contributed by atoms with Crippen molar-refractivity contribution in [2.45, 2.75) is 31.2 Å². The van der Waals surface area contributed by atoms with Crippen LogP contribution in [0.15, 0.2) is 88.8 Å². The highest BCUT2D eigenvalue weighted by atomic mass is 32.2. The molecule has 1 aliphatic heterocycles. The lowest BCUT2D eigenvalue weighted by atomic mass is 10.0. The van der Waals surface area contributed by atoms with Crippen molar-refractivity contribution in [3.05, 3.63) is 95.1 Å². The summed E-state index contributed by atoms with van der Waals surface area (Å²) in [6, 6.07) is 26.1. The van der Waals surface area contributed by atoms with E-state index < -0.39 is 31.7 Å². The molecule has 2 heterocycles. The van der Waals surface area contributed by atoms with Gasteiger partial charge in [0.15, 0.2) is 6.54 Å². The molecule has 41 heavy (non-hydrogen) atoms. The number of anilines is 1. The Morgan fingerprint density at radius 2 is 1.56 bits per heavy atom. The van der Waals surface area contributed by atoms with Crippen LogP contribution in [0.2, 0.25) is 0 Å². The molecule has 0 saturated heterocycles. The van der Waals surface area contributed by atoms with E-state index in [1.165, 1.54) is 0 Å². The molecule has 11 heteroatoms. The first kappa shape index (κ1) is 29.3. The third kappa shape index (κ3) is 7.35. The Labute approximate surface area is 244 Å². The van der Waals surface area contributed by atoms with Gasteiger partial charge in [0.25, 0.3) is 0 Å². The molecule has 0 fully saturated rings. The van der Waals surface area contributed by atoms with Crippen LogP contribution in [-0.2, 0) is 26.8 Å². The van der Waals surface area contributed by atoms with Gasteiger partial charge in [-0.05, 0) is 48.7 Å². The molecule has 5 rings (SSSR count). The van der Waals surface area contributed by atoms with E-state index in [-0.39, 0.29) is 12.8 Å². The molecule has 0 N–H and O–H groups in total. The Morgan fingerprint density at radius 3 is 2.29 bits per heavy atom. The second-order valence-electron chi connectivity index (χ2n) is 9.99. The fourth-order valence-corrected chi connectivity index (χ4v) is 7.09. The van der Waals surface area contributed by atoms with E-state index >= 15 is 0 Å². The van der Waals surface area contributed by atoms with Crippen LogP contribution in [-0.4, -0.2) is 44.0 Å². The first-order valence-corrected chi connectivity index (χ1v) is 17.1. The summed E-state index contributed by atoms with van der Waals surface area (Å²) in [7, 11) is -8.71. The fourth-order valence-electron chi connectivity index (χ4n) is 5.01. The zero-order valence-corrected chi connectivity index (χ0v) is 24.8. The largest absolute Gasteiger partial charge is 0.748 e. The molecule has 0 amide bonds. The second-order valence-corrected chi connectivity index (χ2v) is 14.1. The molecule has 0 bridgehead atoms. The topological polar surface area (TPSA) is 122 Å². The molecule has 8 nitrogen and oxygen atoms in total. The van der Waals surface area contributed by atoms with Crippen molar-refractivity contribution in [1.29, 1.82) is 0 Å². The molecular formula is C30H29N2O6S3-. The molecule has 4 aromatic rings.